The fourth-order valence-corrected chi connectivity index (χ4v) is 4.39. The number of halogens is 6. The number of hydrogen-bond donors (Lipinski definition) is 1. The molecule has 0 aliphatic heterocycles. The van der Waals surface area contributed by atoms with Gasteiger partial charge in [-0.2, -0.15) is 34.8 Å². The van der Waals surface area contributed by atoms with Crippen LogP contribution in [0.4, 0.5) is 26.3 Å². The van der Waals surface area contributed by atoms with Gasteiger partial charge in [0.1, 0.15) is 5.75 Å². The summed E-state index contributed by atoms with van der Waals surface area (Å²) in [6.07, 6.45) is 4.22. The maximum absolute atomic E-state index is 13.1. The number of allylic oxidation sites excluding steroid dienone is 2. The predicted molar refractivity (Wildman–Crippen MR) is 121 cm³/mol. The van der Waals surface area contributed by atoms with Crippen LogP contribution < -0.4 is 0 Å². The van der Waals surface area contributed by atoms with Crippen LogP contribution in [0.5, 0.6) is 0 Å². The van der Waals surface area contributed by atoms with Crippen LogP contribution in [0.2, 0.25) is 0 Å². The molecule has 5 nitrogen and oxygen atoms in total. The van der Waals surface area contributed by atoms with Gasteiger partial charge in [0.25, 0.3) is 10.1 Å². The van der Waals surface area contributed by atoms with Crippen LogP contribution in [0, 0.1) is 0 Å². The van der Waals surface area contributed by atoms with E-state index in [1.807, 2.05) is 0 Å². The molecule has 0 unspecified atom stereocenters. The first kappa shape index (κ1) is 33.7. The molecule has 0 fully saturated rings. The van der Waals surface area contributed by atoms with Crippen molar-refractivity contribution in [1.82, 2.24) is 0 Å². The highest BCUT2D eigenvalue weighted by atomic mass is 32.2. The lowest BCUT2D eigenvalue weighted by Gasteiger charge is -2.35. The largest absolute Gasteiger partial charge is 0.438 e. The Morgan fingerprint density at radius 2 is 1.14 bits per heavy atom. The van der Waals surface area contributed by atoms with Gasteiger partial charge < -0.3 is 4.74 Å². The molecule has 0 radical (unpaired) electrons. The van der Waals surface area contributed by atoms with Gasteiger partial charge >= 0.3 is 23.9 Å². The van der Waals surface area contributed by atoms with Gasteiger partial charge in [0.05, 0.1) is 0 Å². The van der Waals surface area contributed by atoms with Gasteiger partial charge in [-0.1, -0.05) is 76.9 Å². The third kappa shape index (κ3) is 14.8. The van der Waals surface area contributed by atoms with Crippen molar-refractivity contribution < 1.29 is 48.8 Å². The number of unbranched alkanes of at least 4 members (excludes halogenated alkanes) is 12. The van der Waals surface area contributed by atoms with Crippen LogP contribution in [-0.4, -0.2) is 42.6 Å². The van der Waals surface area contributed by atoms with E-state index >= 15 is 0 Å². The lowest BCUT2D eigenvalue weighted by atomic mass is 10.0. The predicted octanol–water partition coefficient (Wildman–Crippen LogP) is 7.71. The van der Waals surface area contributed by atoms with Gasteiger partial charge in [0.15, 0.2) is 0 Å². The highest BCUT2D eigenvalue weighted by Crippen LogP contribution is 2.47. The summed E-state index contributed by atoms with van der Waals surface area (Å²) >= 11 is 0. The number of rotatable bonds is 19. The van der Waals surface area contributed by atoms with Crippen LogP contribution in [-0.2, 0) is 19.6 Å². The van der Waals surface area contributed by atoms with Crippen LogP contribution in [0.25, 0.3) is 0 Å². The van der Waals surface area contributed by atoms with Crippen LogP contribution in [0.3, 0.4) is 0 Å². The summed E-state index contributed by atoms with van der Waals surface area (Å²) in [5, 5.41) is 0. The summed E-state index contributed by atoms with van der Waals surface area (Å²) in [7, 11) is -5.77. The molecule has 0 heterocycles. The highest BCUT2D eigenvalue weighted by Gasteiger charge is 2.75. The second-order valence-electron chi connectivity index (χ2n) is 8.71. The topological polar surface area (TPSA) is 80.7 Å². The Kier molecular flexibility index (Phi) is 15.8. The molecule has 0 spiro atoms. The summed E-state index contributed by atoms with van der Waals surface area (Å²) in [6, 6.07) is 0. The zero-order valence-corrected chi connectivity index (χ0v) is 21.0. The van der Waals surface area contributed by atoms with Crippen molar-refractivity contribution in [2.45, 2.75) is 121 Å². The second kappa shape index (κ2) is 16.4. The van der Waals surface area contributed by atoms with Gasteiger partial charge in [-0.15, -0.1) is 0 Å². The van der Waals surface area contributed by atoms with E-state index < -0.39 is 46.2 Å². The fourth-order valence-electron chi connectivity index (χ4n) is 3.49. The van der Waals surface area contributed by atoms with Crippen molar-refractivity contribution in [2.24, 2.45) is 0 Å². The minimum atomic E-state index is -6.29. The minimum absolute atomic E-state index is 0.00530. The van der Waals surface area contributed by atoms with E-state index in [1.165, 1.54) is 38.5 Å². The van der Waals surface area contributed by atoms with Crippen molar-refractivity contribution in [3.8, 4) is 0 Å². The Morgan fingerprint density at radius 3 is 1.54 bits per heavy atom. The first-order chi connectivity index (χ1) is 16.2. The number of carbonyl (C=O) groups is 1. The van der Waals surface area contributed by atoms with Crippen molar-refractivity contribution in [3.63, 3.8) is 0 Å². The molecule has 0 saturated heterocycles. The zero-order valence-electron chi connectivity index (χ0n) is 20.2. The number of esters is 1. The van der Waals surface area contributed by atoms with E-state index in [0.717, 1.165) is 32.1 Å². The third-order valence-electron chi connectivity index (χ3n) is 5.48. The molecule has 0 amide bonds. The molecule has 0 aromatic heterocycles. The Labute approximate surface area is 204 Å². The number of carbonyl (C=O) groups excluding carboxylic acids is 1. The van der Waals surface area contributed by atoms with Gasteiger partial charge in [-0.25, -0.2) is 0 Å². The number of hydrogen-bond acceptors (Lipinski definition) is 4. The van der Waals surface area contributed by atoms with E-state index in [1.54, 1.807) is 0 Å². The van der Waals surface area contributed by atoms with Gasteiger partial charge in [-0.05, 0) is 32.1 Å². The van der Waals surface area contributed by atoms with E-state index in [0.29, 0.717) is 12.8 Å². The third-order valence-corrected chi connectivity index (χ3v) is 6.25. The molecule has 0 saturated carbocycles. The lowest BCUT2D eigenvalue weighted by Crippen LogP contribution is -2.63. The molecule has 35 heavy (non-hydrogen) atoms. The summed E-state index contributed by atoms with van der Waals surface area (Å²) in [5.74, 6) is -4.69. The smallest absolute Gasteiger partial charge is 0.438 e. The van der Waals surface area contributed by atoms with E-state index in [-0.39, 0.29) is 6.42 Å². The van der Waals surface area contributed by atoms with Crippen LogP contribution >= 0.6 is 0 Å². The van der Waals surface area contributed by atoms with E-state index in [4.69, 9.17) is 4.55 Å². The van der Waals surface area contributed by atoms with Crippen molar-refractivity contribution in [2.75, 3.05) is 5.75 Å². The Morgan fingerprint density at radius 1 is 0.743 bits per heavy atom. The monoisotopic (exact) mass is 540 g/mol. The minimum Gasteiger partial charge on any atom is -0.438 e. The van der Waals surface area contributed by atoms with E-state index in [9.17, 15) is 39.6 Å². The zero-order chi connectivity index (χ0) is 27.0. The molecule has 12 heteroatoms. The maximum atomic E-state index is 13.1. The molecule has 208 valence electrons. The summed E-state index contributed by atoms with van der Waals surface area (Å²) in [6.45, 7) is 2.18. The second-order valence-corrected chi connectivity index (χ2v) is 10.2. The Hall–Kier alpha value is -1.30. The quantitative estimate of drug-likeness (QED) is 0.0597. The molecular weight excluding hydrogens is 502 g/mol. The normalized spacial score (nSPS) is 13.5. The number of ether oxygens (including phenoxy) is 1. The van der Waals surface area contributed by atoms with Crippen molar-refractivity contribution >= 4 is 16.1 Å². The van der Waals surface area contributed by atoms with Crippen LogP contribution in [0.1, 0.15) is 103 Å². The molecule has 0 rings (SSSR count). The Bertz CT molecular complexity index is 703. The lowest BCUT2D eigenvalue weighted by molar-refractivity contribution is -0.361. The standard InChI is InChI=1S/C23H38F6O5S/c1-2-3-4-5-6-7-8-9-10-11-12-13-14-15-16-17-18-20(30)34-21(22(24,25)26,23(27,28)29)19-35(31,32)33/h9-10H,2-8,11-19H2,1H3,(H,31,32,33)/b10-9+. The van der Waals surface area contributed by atoms with Crippen LogP contribution in [0.15, 0.2) is 12.2 Å². The van der Waals surface area contributed by atoms with Gasteiger partial charge in [0.2, 0.25) is 0 Å². The van der Waals surface area contributed by atoms with E-state index in [2.05, 4.69) is 23.8 Å². The van der Waals surface area contributed by atoms with Gasteiger partial charge in [-0.3, -0.25) is 9.35 Å². The molecule has 0 atom stereocenters. The Balaban J connectivity index is 4.20. The summed E-state index contributed by atoms with van der Waals surface area (Å²) < 4.78 is 113. The molecule has 0 aliphatic carbocycles. The first-order valence-corrected chi connectivity index (χ1v) is 13.7. The summed E-state index contributed by atoms with van der Waals surface area (Å²) in [5.41, 5.74) is -5.33. The van der Waals surface area contributed by atoms with Gasteiger partial charge in [0, 0.05) is 6.42 Å². The van der Waals surface area contributed by atoms with Crippen molar-refractivity contribution in [3.05, 3.63) is 12.2 Å². The molecule has 0 aromatic rings. The molecule has 1 N–H and O–H groups in total. The average Bonchev–Trinajstić information content (AvgIpc) is 2.70. The first-order valence-electron chi connectivity index (χ1n) is 12.1. The SMILES string of the molecule is CCCCCCCC/C=C/CCCCCCCCC(=O)OC(CS(=O)(=O)O)(C(F)(F)F)C(F)(F)F. The number of alkyl halides is 6. The molecule has 0 aliphatic rings. The average molecular weight is 541 g/mol. The highest BCUT2D eigenvalue weighted by molar-refractivity contribution is 7.85. The van der Waals surface area contributed by atoms with Crippen molar-refractivity contribution in [1.29, 1.82) is 0 Å². The maximum Gasteiger partial charge on any atom is 0.438 e. The fraction of sp³-hybridized carbons (Fsp3) is 0.870. The summed E-state index contributed by atoms with van der Waals surface area (Å²) in [4.78, 5) is 11.7. The molecule has 0 bridgehead atoms. The molecule has 0 aromatic carbocycles. The molecular formula is C23H38F6O5S.